The third-order valence-electron chi connectivity index (χ3n) is 4.65. The zero-order valence-corrected chi connectivity index (χ0v) is 12.1. The van der Waals surface area contributed by atoms with Gasteiger partial charge in [-0.25, -0.2) is 0 Å². The van der Waals surface area contributed by atoms with Crippen molar-refractivity contribution in [2.45, 2.75) is 57.2 Å². The maximum absolute atomic E-state index is 12.6. The molecule has 2 heterocycles. The Morgan fingerprint density at radius 1 is 1.21 bits per heavy atom. The van der Waals surface area contributed by atoms with Gasteiger partial charge in [0.05, 0.1) is 23.7 Å². The first-order valence-electron chi connectivity index (χ1n) is 7.57. The number of ether oxygens (including phenoxy) is 2. The highest BCUT2D eigenvalue weighted by Gasteiger charge is 2.47. The molecule has 2 aliphatic heterocycles. The molecule has 4 heteroatoms. The summed E-state index contributed by atoms with van der Waals surface area (Å²) >= 11 is 0. The Bertz CT molecular complexity index is 354. The summed E-state index contributed by atoms with van der Waals surface area (Å²) in [5.74, 6) is 0.354. The second-order valence-electron chi connectivity index (χ2n) is 7.01. The van der Waals surface area contributed by atoms with Gasteiger partial charge in [-0.05, 0) is 33.1 Å². The SMILES string of the molecule is CC1(C)CN(C(=O)[C@H]2CCOC2)CC2(CCCC2)O1. The number of morpholine rings is 1. The smallest absolute Gasteiger partial charge is 0.228 e. The minimum Gasteiger partial charge on any atom is -0.381 e. The maximum Gasteiger partial charge on any atom is 0.228 e. The zero-order chi connectivity index (χ0) is 13.5. The number of nitrogens with zero attached hydrogens (tertiary/aromatic N) is 1. The molecule has 3 aliphatic rings. The minimum absolute atomic E-state index is 0.0725. The Morgan fingerprint density at radius 3 is 2.58 bits per heavy atom. The van der Waals surface area contributed by atoms with Crippen molar-refractivity contribution >= 4 is 5.91 Å². The minimum atomic E-state index is -0.224. The van der Waals surface area contributed by atoms with Crippen LogP contribution in [0.5, 0.6) is 0 Å². The van der Waals surface area contributed by atoms with Crippen LogP contribution in [0.25, 0.3) is 0 Å². The van der Waals surface area contributed by atoms with Gasteiger partial charge in [0.2, 0.25) is 5.91 Å². The van der Waals surface area contributed by atoms with Gasteiger partial charge in [0, 0.05) is 19.7 Å². The summed E-state index contributed by atoms with van der Waals surface area (Å²) in [7, 11) is 0. The van der Waals surface area contributed by atoms with Crippen LogP contribution in [-0.2, 0) is 14.3 Å². The first-order chi connectivity index (χ1) is 9.00. The molecule has 0 unspecified atom stereocenters. The number of hydrogen-bond acceptors (Lipinski definition) is 3. The zero-order valence-electron chi connectivity index (χ0n) is 12.1. The highest BCUT2D eigenvalue weighted by Crippen LogP contribution is 2.41. The molecule has 3 fully saturated rings. The normalized spacial score (nSPS) is 32.9. The van der Waals surface area contributed by atoms with E-state index in [0.717, 1.165) is 32.4 Å². The summed E-state index contributed by atoms with van der Waals surface area (Å²) in [5.41, 5.74) is -0.297. The van der Waals surface area contributed by atoms with E-state index in [2.05, 4.69) is 13.8 Å². The average Bonchev–Trinajstić information content (AvgIpc) is 2.97. The summed E-state index contributed by atoms with van der Waals surface area (Å²) in [5, 5.41) is 0. The fraction of sp³-hybridized carbons (Fsp3) is 0.933. The molecule has 0 radical (unpaired) electrons. The Hall–Kier alpha value is -0.610. The summed E-state index contributed by atoms with van der Waals surface area (Å²) in [6, 6.07) is 0. The molecule has 1 amide bonds. The van der Waals surface area contributed by atoms with E-state index in [0.29, 0.717) is 13.2 Å². The molecule has 0 aromatic rings. The van der Waals surface area contributed by atoms with Crippen LogP contribution in [0.3, 0.4) is 0 Å². The molecule has 0 bridgehead atoms. The predicted molar refractivity (Wildman–Crippen MR) is 71.9 cm³/mol. The van der Waals surface area contributed by atoms with Gasteiger partial charge in [-0.15, -0.1) is 0 Å². The van der Waals surface area contributed by atoms with Crippen LogP contribution in [0.4, 0.5) is 0 Å². The van der Waals surface area contributed by atoms with Gasteiger partial charge in [0.1, 0.15) is 0 Å². The quantitative estimate of drug-likeness (QED) is 0.729. The molecule has 1 atom stereocenters. The Balaban J connectivity index is 1.75. The molecule has 3 rings (SSSR count). The van der Waals surface area contributed by atoms with Crippen molar-refractivity contribution < 1.29 is 14.3 Å². The van der Waals surface area contributed by atoms with E-state index in [1.807, 2.05) is 4.90 Å². The first-order valence-corrected chi connectivity index (χ1v) is 7.57. The van der Waals surface area contributed by atoms with Gasteiger partial charge in [0.25, 0.3) is 0 Å². The van der Waals surface area contributed by atoms with Gasteiger partial charge >= 0.3 is 0 Å². The van der Waals surface area contributed by atoms with Crippen molar-refractivity contribution in [1.29, 1.82) is 0 Å². The molecule has 19 heavy (non-hydrogen) atoms. The summed E-state index contributed by atoms with van der Waals surface area (Å²) in [6.07, 6.45) is 5.53. The van der Waals surface area contributed by atoms with E-state index in [9.17, 15) is 4.79 Å². The molecule has 0 aromatic carbocycles. The number of carbonyl (C=O) groups excluding carboxylic acids is 1. The standard InChI is InChI=1S/C15H25NO3/c1-14(2)10-16(13(17)12-5-8-18-9-12)11-15(19-14)6-3-4-7-15/h12H,3-11H2,1-2H3/t12-/m0/s1. The molecule has 1 saturated carbocycles. The Labute approximate surface area is 115 Å². The lowest BCUT2D eigenvalue weighted by Crippen LogP contribution is -2.60. The molecule has 1 spiro atoms. The van der Waals surface area contributed by atoms with E-state index >= 15 is 0 Å². The number of rotatable bonds is 1. The van der Waals surface area contributed by atoms with E-state index in [1.54, 1.807) is 0 Å². The lowest BCUT2D eigenvalue weighted by Gasteiger charge is -2.49. The van der Waals surface area contributed by atoms with Crippen LogP contribution in [-0.4, -0.2) is 48.3 Å². The van der Waals surface area contributed by atoms with Crippen LogP contribution in [0.2, 0.25) is 0 Å². The van der Waals surface area contributed by atoms with Gasteiger partial charge in [-0.3, -0.25) is 4.79 Å². The van der Waals surface area contributed by atoms with E-state index in [-0.39, 0.29) is 23.0 Å². The highest BCUT2D eigenvalue weighted by atomic mass is 16.5. The molecule has 2 saturated heterocycles. The average molecular weight is 267 g/mol. The van der Waals surface area contributed by atoms with Crippen molar-refractivity contribution in [2.75, 3.05) is 26.3 Å². The number of carbonyl (C=O) groups is 1. The summed E-state index contributed by atoms with van der Waals surface area (Å²) in [6.45, 7) is 7.05. The Kier molecular flexibility index (Phi) is 3.34. The maximum atomic E-state index is 12.6. The van der Waals surface area contributed by atoms with Crippen LogP contribution in [0.15, 0.2) is 0 Å². The van der Waals surface area contributed by atoms with Crippen molar-refractivity contribution in [3.05, 3.63) is 0 Å². The number of amides is 1. The van der Waals surface area contributed by atoms with Crippen molar-refractivity contribution in [3.63, 3.8) is 0 Å². The lowest BCUT2D eigenvalue weighted by atomic mass is 9.93. The second-order valence-corrected chi connectivity index (χ2v) is 7.01. The van der Waals surface area contributed by atoms with Gasteiger partial charge in [-0.2, -0.15) is 0 Å². The highest BCUT2D eigenvalue weighted by molar-refractivity contribution is 5.79. The van der Waals surface area contributed by atoms with Crippen molar-refractivity contribution in [2.24, 2.45) is 5.92 Å². The second kappa shape index (κ2) is 4.74. The van der Waals surface area contributed by atoms with Crippen molar-refractivity contribution in [1.82, 2.24) is 4.90 Å². The monoisotopic (exact) mass is 267 g/mol. The number of hydrogen-bond donors (Lipinski definition) is 0. The summed E-state index contributed by atoms with van der Waals surface area (Å²) < 4.78 is 11.7. The molecular weight excluding hydrogens is 242 g/mol. The van der Waals surface area contributed by atoms with E-state index in [4.69, 9.17) is 9.47 Å². The van der Waals surface area contributed by atoms with Gasteiger partial charge in [-0.1, -0.05) is 12.8 Å². The van der Waals surface area contributed by atoms with Crippen LogP contribution >= 0.6 is 0 Å². The van der Waals surface area contributed by atoms with E-state index in [1.165, 1.54) is 12.8 Å². The predicted octanol–water partition coefficient (Wildman–Crippen LogP) is 1.97. The topological polar surface area (TPSA) is 38.8 Å². The third kappa shape index (κ3) is 2.65. The molecular formula is C15H25NO3. The molecule has 4 nitrogen and oxygen atoms in total. The fourth-order valence-electron chi connectivity index (χ4n) is 3.94. The van der Waals surface area contributed by atoms with Gasteiger partial charge < -0.3 is 14.4 Å². The van der Waals surface area contributed by atoms with E-state index < -0.39 is 0 Å². The molecule has 108 valence electrons. The molecule has 1 aliphatic carbocycles. The fourth-order valence-corrected chi connectivity index (χ4v) is 3.94. The van der Waals surface area contributed by atoms with Crippen LogP contribution in [0.1, 0.15) is 46.0 Å². The summed E-state index contributed by atoms with van der Waals surface area (Å²) in [4.78, 5) is 14.7. The lowest BCUT2D eigenvalue weighted by molar-refractivity contribution is -0.199. The van der Waals surface area contributed by atoms with Crippen LogP contribution < -0.4 is 0 Å². The largest absolute Gasteiger partial charge is 0.381 e. The van der Waals surface area contributed by atoms with Crippen LogP contribution in [0, 0.1) is 5.92 Å². The molecule has 0 aromatic heterocycles. The molecule has 0 N–H and O–H groups in total. The van der Waals surface area contributed by atoms with Gasteiger partial charge in [0.15, 0.2) is 0 Å². The Morgan fingerprint density at radius 2 is 1.95 bits per heavy atom. The van der Waals surface area contributed by atoms with Crippen molar-refractivity contribution in [3.8, 4) is 0 Å². The first kappa shape index (κ1) is 13.4. The third-order valence-corrected chi connectivity index (χ3v) is 4.65.